The molecule has 1 aliphatic heterocycles. The van der Waals surface area contributed by atoms with E-state index in [9.17, 15) is 9.59 Å². The number of piperazine rings is 1. The molecule has 2 amide bonds. The number of benzene rings is 2. The van der Waals surface area contributed by atoms with Gasteiger partial charge in [-0.25, -0.2) is 0 Å². The average molecular weight is 433 g/mol. The summed E-state index contributed by atoms with van der Waals surface area (Å²) in [6, 6.07) is 15.6. The molecule has 2 aromatic rings. The van der Waals surface area contributed by atoms with Crippen LogP contribution in [0.25, 0.3) is 0 Å². The molecular formula is C27H32N2O3. The van der Waals surface area contributed by atoms with E-state index in [-0.39, 0.29) is 30.4 Å². The van der Waals surface area contributed by atoms with Crippen LogP contribution >= 0.6 is 0 Å². The van der Waals surface area contributed by atoms with E-state index in [4.69, 9.17) is 4.74 Å². The molecule has 2 aromatic carbocycles. The SMILES string of the molecule is COc1cccc(C2C(=O)N(C3CCCCC3)CC(=O)N2C2CCCc3ccccc32)c1. The van der Waals surface area contributed by atoms with Gasteiger partial charge in [-0.15, -0.1) is 0 Å². The molecule has 3 aliphatic rings. The molecule has 1 saturated heterocycles. The van der Waals surface area contributed by atoms with Gasteiger partial charge in [0.2, 0.25) is 5.91 Å². The van der Waals surface area contributed by atoms with Crippen molar-refractivity contribution in [1.29, 1.82) is 0 Å². The molecule has 0 radical (unpaired) electrons. The Morgan fingerprint density at radius 2 is 1.72 bits per heavy atom. The number of carbonyl (C=O) groups is 2. The third-order valence-electron chi connectivity index (χ3n) is 7.49. The third kappa shape index (κ3) is 3.78. The van der Waals surface area contributed by atoms with Crippen LogP contribution in [0.3, 0.4) is 0 Å². The molecule has 5 heteroatoms. The lowest BCUT2D eigenvalue weighted by atomic mass is 9.84. The molecule has 2 aliphatic carbocycles. The molecule has 0 bridgehead atoms. The van der Waals surface area contributed by atoms with E-state index >= 15 is 0 Å². The van der Waals surface area contributed by atoms with Crippen LogP contribution in [-0.4, -0.2) is 41.3 Å². The lowest BCUT2D eigenvalue weighted by Crippen LogP contribution is -2.59. The van der Waals surface area contributed by atoms with Crippen molar-refractivity contribution in [2.75, 3.05) is 13.7 Å². The van der Waals surface area contributed by atoms with Crippen LogP contribution in [0.2, 0.25) is 0 Å². The minimum atomic E-state index is -0.607. The van der Waals surface area contributed by atoms with Gasteiger partial charge in [0.1, 0.15) is 18.3 Å². The first-order valence-corrected chi connectivity index (χ1v) is 12.0. The first kappa shape index (κ1) is 21.0. The largest absolute Gasteiger partial charge is 0.497 e. The molecule has 1 saturated carbocycles. The molecule has 0 aromatic heterocycles. The Morgan fingerprint density at radius 3 is 2.53 bits per heavy atom. The molecule has 168 valence electrons. The van der Waals surface area contributed by atoms with Gasteiger partial charge in [0.25, 0.3) is 5.91 Å². The van der Waals surface area contributed by atoms with E-state index in [1.54, 1.807) is 7.11 Å². The number of nitrogens with zero attached hydrogens (tertiary/aromatic N) is 2. The van der Waals surface area contributed by atoms with Gasteiger partial charge in [-0.1, -0.05) is 55.7 Å². The number of hydrogen-bond acceptors (Lipinski definition) is 3. The number of aryl methyl sites for hydroxylation is 1. The summed E-state index contributed by atoms with van der Waals surface area (Å²) in [6.45, 7) is 0.197. The minimum absolute atomic E-state index is 0.0599. The highest BCUT2D eigenvalue weighted by molar-refractivity contribution is 5.96. The smallest absolute Gasteiger partial charge is 0.250 e. The predicted molar refractivity (Wildman–Crippen MR) is 123 cm³/mol. The van der Waals surface area contributed by atoms with Gasteiger partial charge < -0.3 is 14.5 Å². The van der Waals surface area contributed by atoms with E-state index in [1.165, 1.54) is 17.5 Å². The number of methoxy groups -OCH3 is 1. The van der Waals surface area contributed by atoms with Crippen molar-refractivity contribution in [2.45, 2.75) is 69.5 Å². The zero-order chi connectivity index (χ0) is 22.1. The zero-order valence-electron chi connectivity index (χ0n) is 18.8. The monoisotopic (exact) mass is 432 g/mol. The first-order valence-electron chi connectivity index (χ1n) is 12.0. The van der Waals surface area contributed by atoms with Gasteiger partial charge in [0.15, 0.2) is 0 Å². The molecule has 1 heterocycles. The molecule has 0 spiro atoms. The summed E-state index contributed by atoms with van der Waals surface area (Å²) < 4.78 is 5.46. The van der Waals surface area contributed by atoms with Crippen LogP contribution in [0.15, 0.2) is 48.5 Å². The van der Waals surface area contributed by atoms with Gasteiger partial charge in [-0.2, -0.15) is 0 Å². The van der Waals surface area contributed by atoms with Gasteiger partial charge in [0, 0.05) is 6.04 Å². The average Bonchev–Trinajstić information content (AvgIpc) is 2.85. The zero-order valence-corrected chi connectivity index (χ0v) is 18.8. The molecule has 0 N–H and O–H groups in total. The van der Waals surface area contributed by atoms with Crippen LogP contribution in [0, 0.1) is 0 Å². The Labute approximate surface area is 190 Å². The Hall–Kier alpha value is -2.82. The number of fused-ring (bicyclic) bond motifs is 1. The standard InChI is InChI=1S/C27H32N2O3/c1-32-22-14-7-11-20(17-22)26-27(31)28(21-12-3-2-4-13-21)18-25(30)29(26)24-16-8-10-19-9-5-6-15-23(19)24/h5-7,9,11,14-15,17,21,24,26H,2-4,8,10,12-13,16,18H2,1H3. The third-order valence-corrected chi connectivity index (χ3v) is 7.49. The van der Waals surface area contributed by atoms with E-state index < -0.39 is 6.04 Å². The van der Waals surface area contributed by atoms with Crippen molar-refractivity contribution in [3.05, 3.63) is 65.2 Å². The maximum absolute atomic E-state index is 14.0. The van der Waals surface area contributed by atoms with Crippen LogP contribution in [0.5, 0.6) is 5.75 Å². The maximum atomic E-state index is 14.0. The second kappa shape index (κ2) is 8.97. The molecule has 5 rings (SSSR count). The fourth-order valence-corrected chi connectivity index (χ4v) is 5.91. The topological polar surface area (TPSA) is 49.9 Å². The molecule has 2 fully saturated rings. The second-order valence-electron chi connectivity index (χ2n) is 9.34. The van der Waals surface area contributed by atoms with Crippen LogP contribution < -0.4 is 4.74 Å². The highest BCUT2D eigenvalue weighted by Gasteiger charge is 2.46. The molecule has 2 unspecified atom stereocenters. The second-order valence-corrected chi connectivity index (χ2v) is 9.34. The van der Waals surface area contributed by atoms with E-state index in [0.717, 1.165) is 50.5 Å². The number of amides is 2. The Morgan fingerprint density at radius 1 is 0.906 bits per heavy atom. The summed E-state index contributed by atoms with van der Waals surface area (Å²) >= 11 is 0. The Kier molecular flexibility index (Phi) is 5.90. The highest BCUT2D eigenvalue weighted by Crippen LogP contribution is 2.42. The predicted octanol–water partition coefficient (Wildman–Crippen LogP) is 4.82. The highest BCUT2D eigenvalue weighted by atomic mass is 16.5. The maximum Gasteiger partial charge on any atom is 0.250 e. The van der Waals surface area contributed by atoms with Crippen LogP contribution in [-0.2, 0) is 16.0 Å². The summed E-state index contributed by atoms with van der Waals surface area (Å²) in [5.74, 6) is 0.832. The lowest BCUT2D eigenvalue weighted by Gasteiger charge is -2.48. The fourth-order valence-electron chi connectivity index (χ4n) is 5.91. The van der Waals surface area contributed by atoms with Crippen molar-refractivity contribution >= 4 is 11.8 Å². The van der Waals surface area contributed by atoms with Crippen molar-refractivity contribution < 1.29 is 14.3 Å². The molecule has 5 nitrogen and oxygen atoms in total. The summed E-state index contributed by atoms with van der Waals surface area (Å²) in [6.07, 6.45) is 8.42. The molecular weight excluding hydrogens is 400 g/mol. The van der Waals surface area contributed by atoms with Gasteiger partial charge in [-0.05, 0) is 60.9 Å². The van der Waals surface area contributed by atoms with Crippen LogP contribution in [0.1, 0.15) is 73.7 Å². The quantitative estimate of drug-likeness (QED) is 0.696. The summed E-state index contributed by atoms with van der Waals surface area (Å²) in [7, 11) is 1.64. The number of carbonyl (C=O) groups excluding carboxylic acids is 2. The fraction of sp³-hybridized carbons (Fsp3) is 0.481. The number of hydrogen-bond donors (Lipinski definition) is 0. The Bertz CT molecular complexity index is 998. The van der Waals surface area contributed by atoms with Gasteiger partial charge in [-0.3, -0.25) is 9.59 Å². The van der Waals surface area contributed by atoms with E-state index in [0.29, 0.717) is 5.75 Å². The van der Waals surface area contributed by atoms with E-state index in [1.807, 2.05) is 40.1 Å². The number of rotatable bonds is 4. The van der Waals surface area contributed by atoms with Crippen LogP contribution in [0.4, 0.5) is 0 Å². The van der Waals surface area contributed by atoms with E-state index in [2.05, 4.69) is 18.2 Å². The Balaban J connectivity index is 1.57. The van der Waals surface area contributed by atoms with Gasteiger partial charge >= 0.3 is 0 Å². The van der Waals surface area contributed by atoms with Gasteiger partial charge in [0.05, 0.1) is 13.2 Å². The normalized spacial score (nSPS) is 24.4. The summed E-state index contributed by atoms with van der Waals surface area (Å²) in [5, 5.41) is 0. The molecule has 2 atom stereocenters. The van der Waals surface area contributed by atoms with Crippen molar-refractivity contribution in [3.8, 4) is 5.75 Å². The number of ether oxygens (including phenoxy) is 1. The first-order chi connectivity index (χ1) is 15.7. The van der Waals surface area contributed by atoms with Crippen molar-refractivity contribution in [2.24, 2.45) is 0 Å². The summed E-state index contributed by atoms with van der Waals surface area (Å²) in [4.78, 5) is 31.6. The minimum Gasteiger partial charge on any atom is -0.497 e. The van der Waals surface area contributed by atoms with Crippen molar-refractivity contribution in [1.82, 2.24) is 9.80 Å². The molecule has 32 heavy (non-hydrogen) atoms. The summed E-state index contributed by atoms with van der Waals surface area (Å²) in [5.41, 5.74) is 3.33. The lowest BCUT2D eigenvalue weighted by molar-refractivity contribution is -0.162. The van der Waals surface area contributed by atoms with Crippen molar-refractivity contribution in [3.63, 3.8) is 0 Å².